The lowest BCUT2D eigenvalue weighted by Gasteiger charge is -2.14. The van der Waals surface area contributed by atoms with Crippen molar-refractivity contribution in [2.45, 2.75) is 19.4 Å². The van der Waals surface area contributed by atoms with Crippen molar-refractivity contribution in [3.8, 4) is 5.69 Å². The van der Waals surface area contributed by atoms with Gasteiger partial charge in [-0.3, -0.25) is 19.3 Å². The zero-order chi connectivity index (χ0) is 19.5. The van der Waals surface area contributed by atoms with Crippen LogP contribution < -0.4 is 5.32 Å². The first-order chi connectivity index (χ1) is 13.6. The second-order valence-electron chi connectivity index (χ2n) is 6.41. The number of benzene rings is 2. The summed E-state index contributed by atoms with van der Waals surface area (Å²) in [6.07, 6.45) is 3.59. The summed E-state index contributed by atoms with van der Waals surface area (Å²) in [5.74, 6) is -0.517. The Hall–Kier alpha value is -3.81. The fraction of sp³-hybridized carbons (Fsp3) is 0.150. The van der Waals surface area contributed by atoms with Gasteiger partial charge in [-0.2, -0.15) is 5.10 Å². The van der Waals surface area contributed by atoms with Crippen LogP contribution >= 0.6 is 0 Å². The third-order valence-electron chi connectivity index (χ3n) is 4.52. The second-order valence-corrected chi connectivity index (χ2v) is 6.41. The smallest absolute Gasteiger partial charge is 0.255 e. The molecule has 8 nitrogen and oxygen atoms in total. The third-order valence-corrected chi connectivity index (χ3v) is 4.52. The van der Waals surface area contributed by atoms with Gasteiger partial charge in [0.05, 0.1) is 12.2 Å². The average molecular weight is 375 g/mol. The molecule has 0 atom stereocenters. The highest BCUT2D eigenvalue weighted by molar-refractivity contribution is 6.04. The Kier molecular flexibility index (Phi) is 4.67. The van der Waals surface area contributed by atoms with Crippen molar-refractivity contribution in [1.82, 2.24) is 19.7 Å². The topological polar surface area (TPSA) is 97.2 Å². The molecule has 0 spiro atoms. The number of hydrogen-bond acceptors (Lipinski definition) is 5. The third kappa shape index (κ3) is 3.66. The molecule has 1 aliphatic rings. The molecule has 2 aromatic carbocycles. The van der Waals surface area contributed by atoms with Crippen LogP contribution in [0, 0.1) is 0 Å². The minimum absolute atomic E-state index is 0.142. The van der Waals surface area contributed by atoms with Crippen LogP contribution in [0.15, 0.2) is 61.2 Å². The first kappa shape index (κ1) is 17.6. The van der Waals surface area contributed by atoms with Gasteiger partial charge in [0.25, 0.3) is 5.91 Å². The number of likely N-dealkylation sites (tertiary alicyclic amines) is 1. The minimum Gasteiger partial charge on any atom is -0.322 e. The van der Waals surface area contributed by atoms with E-state index in [-0.39, 0.29) is 37.1 Å². The minimum atomic E-state index is -0.234. The highest BCUT2D eigenvalue weighted by Crippen LogP contribution is 2.18. The maximum atomic E-state index is 12.4. The molecule has 0 saturated carbocycles. The highest BCUT2D eigenvalue weighted by atomic mass is 16.2. The van der Waals surface area contributed by atoms with Gasteiger partial charge in [-0.25, -0.2) is 9.67 Å². The van der Waals surface area contributed by atoms with Crippen molar-refractivity contribution in [3.63, 3.8) is 0 Å². The number of nitrogens with zero attached hydrogens (tertiary/aromatic N) is 4. The summed E-state index contributed by atoms with van der Waals surface area (Å²) in [7, 11) is 0. The Bertz CT molecular complexity index is 995. The van der Waals surface area contributed by atoms with Gasteiger partial charge in [0.2, 0.25) is 11.8 Å². The van der Waals surface area contributed by atoms with Gasteiger partial charge in [-0.1, -0.05) is 12.1 Å². The van der Waals surface area contributed by atoms with E-state index < -0.39 is 0 Å². The summed E-state index contributed by atoms with van der Waals surface area (Å²) in [5.41, 5.74) is 2.79. The molecular formula is C20H17N5O3. The standard InChI is InChI=1S/C20H17N5O3/c26-18-9-10-19(27)24(18)11-14-1-5-16(6-2-14)23-20(28)15-3-7-17(8-4-15)25-13-21-12-22-25/h1-8,12-13H,9-11H2,(H,23,28). The van der Waals surface area contributed by atoms with Gasteiger partial charge in [0.15, 0.2) is 0 Å². The second kappa shape index (κ2) is 7.43. The van der Waals surface area contributed by atoms with Crippen LogP contribution in [-0.2, 0) is 16.1 Å². The van der Waals surface area contributed by atoms with Crippen LogP contribution in [0.5, 0.6) is 0 Å². The van der Waals surface area contributed by atoms with Gasteiger partial charge in [-0.15, -0.1) is 0 Å². The number of hydrogen-bond donors (Lipinski definition) is 1. The number of rotatable bonds is 5. The Morgan fingerprint density at radius 1 is 0.964 bits per heavy atom. The summed E-state index contributed by atoms with van der Waals surface area (Å²) in [4.78, 5) is 41.0. The summed E-state index contributed by atoms with van der Waals surface area (Å²) < 4.78 is 1.61. The Morgan fingerprint density at radius 2 is 1.64 bits per heavy atom. The summed E-state index contributed by atoms with van der Waals surface area (Å²) in [6.45, 7) is 0.260. The number of nitrogens with one attached hydrogen (secondary N) is 1. The van der Waals surface area contributed by atoms with Crippen LogP contribution in [0.3, 0.4) is 0 Å². The van der Waals surface area contributed by atoms with Crippen LogP contribution in [0.25, 0.3) is 5.69 Å². The molecule has 3 aromatic rings. The number of anilines is 1. The molecule has 0 unspecified atom stereocenters. The van der Waals surface area contributed by atoms with Crippen LogP contribution in [0.2, 0.25) is 0 Å². The van der Waals surface area contributed by atoms with Crippen LogP contribution in [-0.4, -0.2) is 37.4 Å². The number of carbonyl (C=O) groups is 3. The summed E-state index contributed by atoms with van der Waals surface area (Å²) in [5, 5.41) is 6.87. The van der Waals surface area contributed by atoms with E-state index in [1.54, 1.807) is 59.5 Å². The lowest BCUT2D eigenvalue weighted by molar-refractivity contribution is -0.139. The van der Waals surface area contributed by atoms with Crippen LogP contribution in [0.1, 0.15) is 28.8 Å². The molecule has 1 fully saturated rings. The monoisotopic (exact) mass is 375 g/mol. The van der Waals surface area contributed by atoms with E-state index in [4.69, 9.17) is 0 Å². The molecule has 0 radical (unpaired) electrons. The van der Waals surface area contributed by atoms with Crippen molar-refractivity contribution < 1.29 is 14.4 Å². The van der Waals surface area contributed by atoms with Crippen molar-refractivity contribution >= 4 is 23.4 Å². The largest absolute Gasteiger partial charge is 0.322 e. The predicted molar refractivity (Wildman–Crippen MR) is 101 cm³/mol. The molecule has 1 saturated heterocycles. The number of carbonyl (C=O) groups excluding carboxylic acids is 3. The molecule has 3 amide bonds. The molecule has 28 heavy (non-hydrogen) atoms. The molecule has 0 aliphatic carbocycles. The summed E-state index contributed by atoms with van der Waals surface area (Å²) >= 11 is 0. The molecule has 0 bridgehead atoms. The van der Waals surface area contributed by atoms with E-state index in [9.17, 15) is 14.4 Å². The Labute approximate surface area is 160 Å². The fourth-order valence-electron chi connectivity index (χ4n) is 2.99. The van der Waals surface area contributed by atoms with E-state index in [0.717, 1.165) is 11.3 Å². The molecule has 2 heterocycles. The maximum Gasteiger partial charge on any atom is 0.255 e. The fourth-order valence-corrected chi connectivity index (χ4v) is 2.99. The van der Waals surface area contributed by atoms with Gasteiger partial charge in [0, 0.05) is 24.1 Å². The SMILES string of the molecule is O=C(Nc1ccc(CN2C(=O)CCC2=O)cc1)c1ccc(-n2cncn2)cc1. The maximum absolute atomic E-state index is 12.4. The van der Waals surface area contributed by atoms with Crippen molar-refractivity contribution in [3.05, 3.63) is 72.3 Å². The van der Waals surface area contributed by atoms with Gasteiger partial charge < -0.3 is 5.32 Å². The zero-order valence-corrected chi connectivity index (χ0v) is 14.9. The predicted octanol–water partition coefficient (Wildman–Crippen LogP) is 2.17. The molecule has 1 aliphatic heterocycles. The van der Waals surface area contributed by atoms with Gasteiger partial charge >= 0.3 is 0 Å². The molecule has 4 rings (SSSR count). The van der Waals surface area contributed by atoms with E-state index >= 15 is 0 Å². The number of aromatic nitrogens is 3. The van der Waals surface area contributed by atoms with E-state index in [2.05, 4.69) is 15.4 Å². The van der Waals surface area contributed by atoms with Gasteiger partial charge in [-0.05, 0) is 42.0 Å². The van der Waals surface area contributed by atoms with Crippen LogP contribution in [0.4, 0.5) is 5.69 Å². The van der Waals surface area contributed by atoms with Crippen molar-refractivity contribution in [2.24, 2.45) is 0 Å². The first-order valence-corrected chi connectivity index (χ1v) is 8.79. The summed E-state index contributed by atoms with van der Waals surface area (Å²) in [6, 6.07) is 14.1. The quantitative estimate of drug-likeness (QED) is 0.690. The molecule has 1 aromatic heterocycles. The number of amides is 3. The molecular weight excluding hydrogens is 358 g/mol. The lowest BCUT2D eigenvalue weighted by atomic mass is 10.1. The van der Waals surface area contributed by atoms with Gasteiger partial charge in [0.1, 0.15) is 12.7 Å². The normalized spacial score (nSPS) is 13.8. The number of imide groups is 1. The lowest BCUT2D eigenvalue weighted by Crippen LogP contribution is -2.28. The Morgan fingerprint density at radius 3 is 2.25 bits per heavy atom. The first-order valence-electron chi connectivity index (χ1n) is 8.79. The van der Waals surface area contributed by atoms with E-state index in [0.29, 0.717) is 11.3 Å². The highest BCUT2D eigenvalue weighted by Gasteiger charge is 2.28. The molecule has 8 heteroatoms. The average Bonchev–Trinajstić information content (AvgIpc) is 3.36. The Balaban J connectivity index is 1.39. The van der Waals surface area contributed by atoms with Crippen molar-refractivity contribution in [2.75, 3.05) is 5.32 Å². The molecule has 1 N–H and O–H groups in total. The zero-order valence-electron chi connectivity index (χ0n) is 14.9. The van der Waals surface area contributed by atoms with E-state index in [1.165, 1.54) is 11.2 Å². The van der Waals surface area contributed by atoms with E-state index in [1.807, 2.05) is 0 Å². The van der Waals surface area contributed by atoms with Crippen molar-refractivity contribution in [1.29, 1.82) is 0 Å². The molecule has 140 valence electrons.